The maximum Gasteiger partial charge on any atom is 0.137 e. The number of hydrogen-bond acceptors (Lipinski definition) is 2. The number of likely N-dealkylation sites (N-methyl/N-ethyl adjacent to an activating group) is 1. The summed E-state index contributed by atoms with van der Waals surface area (Å²) in [4.78, 5) is 10.1. The maximum absolute atomic E-state index is 4.32. The maximum atomic E-state index is 4.32. The van der Waals surface area contributed by atoms with Crippen LogP contribution >= 0.6 is 0 Å². The number of hydrogen-bond donors (Lipinski definition) is 1. The summed E-state index contributed by atoms with van der Waals surface area (Å²) in [7, 11) is 2.18. The molecular formula is C12H15N3. The summed E-state index contributed by atoms with van der Waals surface area (Å²) < 4.78 is 0. The van der Waals surface area contributed by atoms with Crippen molar-refractivity contribution in [3.63, 3.8) is 0 Å². The number of likely N-dealkylation sites (tertiary alicyclic amines) is 1. The molecule has 1 fully saturated rings. The summed E-state index contributed by atoms with van der Waals surface area (Å²) in [6, 6.07) is 6.34. The van der Waals surface area contributed by atoms with Crippen LogP contribution in [-0.4, -0.2) is 35.0 Å². The molecule has 0 bridgehead atoms. The first-order chi connectivity index (χ1) is 7.33. The van der Waals surface area contributed by atoms with E-state index in [2.05, 4.69) is 34.0 Å². The number of aromatic amines is 1. The van der Waals surface area contributed by atoms with E-state index in [4.69, 9.17) is 0 Å². The molecule has 0 aromatic carbocycles. The van der Waals surface area contributed by atoms with E-state index in [-0.39, 0.29) is 0 Å². The van der Waals surface area contributed by atoms with Gasteiger partial charge in [-0.15, -0.1) is 0 Å². The fourth-order valence-corrected chi connectivity index (χ4v) is 2.39. The molecular weight excluding hydrogens is 186 g/mol. The molecule has 3 heterocycles. The second-order valence-electron chi connectivity index (χ2n) is 4.41. The third-order valence-corrected chi connectivity index (χ3v) is 3.24. The van der Waals surface area contributed by atoms with Crippen molar-refractivity contribution in [2.24, 2.45) is 0 Å². The zero-order valence-corrected chi connectivity index (χ0v) is 8.90. The van der Waals surface area contributed by atoms with Crippen LogP contribution in [-0.2, 0) is 0 Å². The van der Waals surface area contributed by atoms with Gasteiger partial charge in [-0.1, -0.05) is 0 Å². The first kappa shape index (κ1) is 8.92. The third kappa shape index (κ3) is 1.53. The fourth-order valence-electron chi connectivity index (χ4n) is 2.39. The highest BCUT2D eigenvalue weighted by atomic mass is 15.1. The molecule has 15 heavy (non-hydrogen) atoms. The molecule has 1 atom stereocenters. The van der Waals surface area contributed by atoms with Crippen molar-refractivity contribution in [3.05, 3.63) is 30.1 Å². The number of fused-ring (bicyclic) bond motifs is 1. The number of rotatable bonds is 1. The predicted molar refractivity (Wildman–Crippen MR) is 60.9 cm³/mol. The Balaban J connectivity index is 1.98. The third-order valence-electron chi connectivity index (χ3n) is 3.24. The van der Waals surface area contributed by atoms with Crippen molar-refractivity contribution in [2.45, 2.75) is 12.3 Å². The molecule has 2 aromatic heterocycles. The smallest absolute Gasteiger partial charge is 0.137 e. The Labute approximate surface area is 89.1 Å². The van der Waals surface area contributed by atoms with Crippen molar-refractivity contribution in [2.75, 3.05) is 20.1 Å². The summed E-state index contributed by atoms with van der Waals surface area (Å²) in [5.41, 5.74) is 2.36. The molecule has 0 aliphatic carbocycles. The molecule has 0 spiro atoms. The lowest BCUT2D eigenvalue weighted by Crippen LogP contribution is -2.13. The molecule has 0 unspecified atom stereocenters. The van der Waals surface area contributed by atoms with Crippen LogP contribution in [0.25, 0.3) is 11.0 Å². The second kappa shape index (κ2) is 3.35. The predicted octanol–water partition coefficient (Wildman–Crippen LogP) is 1.98. The number of nitrogens with one attached hydrogen (secondary N) is 1. The van der Waals surface area contributed by atoms with Crippen LogP contribution in [0.1, 0.15) is 18.0 Å². The largest absolute Gasteiger partial charge is 0.343 e. The number of nitrogens with zero attached hydrogens (tertiary/aromatic N) is 2. The van der Waals surface area contributed by atoms with E-state index in [0.29, 0.717) is 5.92 Å². The summed E-state index contributed by atoms with van der Waals surface area (Å²) in [6.07, 6.45) is 3.09. The molecule has 3 rings (SSSR count). The van der Waals surface area contributed by atoms with Gasteiger partial charge in [-0.2, -0.15) is 0 Å². The molecule has 3 nitrogen and oxygen atoms in total. The molecule has 1 N–H and O–H groups in total. The lowest BCUT2D eigenvalue weighted by Gasteiger charge is -2.07. The average molecular weight is 201 g/mol. The van der Waals surface area contributed by atoms with Gasteiger partial charge in [0.2, 0.25) is 0 Å². The molecule has 0 saturated carbocycles. The SMILES string of the molecule is CN1CC[C@H](c2cc3cccnc3[nH]2)C1. The van der Waals surface area contributed by atoms with Crippen LogP contribution < -0.4 is 0 Å². The molecule has 3 heteroatoms. The van der Waals surface area contributed by atoms with Gasteiger partial charge in [0.25, 0.3) is 0 Å². The highest BCUT2D eigenvalue weighted by Gasteiger charge is 2.22. The molecule has 0 amide bonds. The lowest BCUT2D eigenvalue weighted by atomic mass is 10.1. The van der Waals surface area contributed by atoms with Crippen LogP contribution in [0.5, 0.6) is 0 Å². The molecule has 78 valence electrons. The van der Waals surface area contributed by atoms with E-state index in [0.717, 1.165) is 12.2 Å². The van der Waals surface area contributed by atoms with E-state index < -0.39 is 0 Å². The van der Waals surface area contributed by atoms with Crippen LogP contribution in [0.3, 0.4) is 0 Å². The minimum atomic E-state index is 0.657. The van der Waals surface area contributed by atoms with Crippen LogP contribution in [0.4, 0.5) is 0 Å². The van der Waals surface area contributed by atoms with Gasteiger partial charge in [0.05, 0.1) is 0 Å². The Morgan fingerprint density at radius 3 is 3.20 bits per heavy atom. The summed E-state index contributed by atoms with van der Waals surface area (Å²) in [5, 5.41) is 1.22. The van der Waals surface area contributed by atoms with E-state index in [1.165, 1.54) is 24.0 Å². The Hall–Kier alpha value is -1.35. The van der Waals surface area contributed by atoms with Gasteiger partial charge in [0.1, 0.15) is 5.65 Å². The van der Waals surface area contributed by atoms with Gasteiger partial charge >= 0.3 is 0 Å². The second-order valence-corrected chi connectivity index (χ2v) is 4.41. The zero-order valence-electron chi connectivity index (χ0n) is 8.90. The topological polar surface area (TPSA) is 31.9 Å². The van der Waals surface area contributed by atoms with Crippen molar-refractivity contribution in [1.82, 2.24) is 14.9 Å². The average Bonchev–Trinajstić information content (AvgIpc) is 2.82. The molecule has 1 aliphatic heterocycles. The minimum absolute atomic E-state index is 0.657. The highest BCUT2D eigenvalue weighted by molar-refractivity contribution is 5.76. The van der Waals surface area contributed by atoms with Gasteiger partial charge in [0.15, 0.2) is 0 Å². The molecule has 2 aromatic rings. The van der Waals surface area contributed by atoms with E-state index >= 15 is 0 Å². The highest BCUT2D eigenvalue weighted by Crippen LogP contribution is 2.27. The van der Waals surface area contributed by atoms with Gasteiger partial charge in [0, 0.05) is 29.7 Å². The van der Waals surface area contributed by atoms with Gasteiger partial charge in [-0.3, -0.25) is 0 Å². The van der Waals surface area contributed by atoms with Crippen molar-refractivity contribution in [1.29, 1.82) is 0 Å². The van der Waals surface area contributed by atoms with Crippen LogP contribution in [0.15, 0.2) is 24.4 Å². The lowest BCUT2D eigenvalue weighted by molar-refractivity contribution is 0.411. The van der Waals surface area contributed by atoms with E-state index in [1.54, 1.807) is 0 Å². The van der Waals surface area contributed by atoms with E-state index in [9.17, 15) is 0 Å². The summed E-state index contributed by atoms with van der Waals surface area (Å²) in [5.74, 6) is 0.657. The first-order valence-electron chi connectivity index (χ1n) is 5.45. The fraction of sp³-hybridized carbons (Fsp3) is 0.417. The first-order valence-corrected chi connectivity index (χ1v) is 5.45. The standard InChI is InChI=1S/C12H15N3/c1-15-6-4-10(8-15)11-7-9-3-2-5-13-12(9)14-11/h2-3,5,7,10H,4,6,8H2,1H3,(H,13,14)/t10-/m0/s1. The number of pyridine rings is 1. The van der Waals surface area contributed by atoms with Crippen LogP contribution in [0, 0.1) is 0 Å². The monoisotopic (exact) mass is 201 g/mol. The van der Waals surface area contributed by atoms with Gasteiger partial charge < -0.3 is 9.88 Å². The quantitative estimate of drug-likeness (QED) is 0.765. The Morgan fingerprint density at radius 2 is 2.47 bits per heavy atom. The Kier molecular flexibility index (Phi) is 1.99. The Bertz CT molecular complexity index is 441. The normalized spacial score (nSPS) is 22.6. The van der Waals surface area contributed by atoms with E-state index in [1.807, 2.05) is 12.3 Å². The number of H-pyrrole nitrogens is 1. The van der Waals surface area contributed by atoms with Crippen LogP contribution in [0.2, 0.25) is 0 Å². The van der Waals surface area contributed by atoms with Gasteiger partial charge in [-0.05, 0) is 38.2 Å². The van der Waals surface area contributed by atoms with Gasteiger partial charge in [-0.25, -0.2) is 4.98 Å². The van der Waals surface area contributed by atoms with Crippen molar-refractivity contribution < 1.29 is 0 Å². The zero-order chi connectivity index (χ0) is 10.3. The van der Waals surface area contributed by atoms with Crippen molar-refractivity contribution >= 4 is 11.0 Å². The molecule has 1 saturated heterocycles. The summed E-state index contributed by atoms with van der Waals surface area (Å²) in [6.45, 7) is 2.36. The Morgan fingerprint density at radius 1 is 1.53 bits per heavy atom. The molecule has 0 radical (unpaired) electrons. The number of aromatic nitrogens is 2. The minimum Gasteiger partial charge on any atom is -0.343 e. The van der Waals surface area contributed by atoms with Crippen molar-refractivity contribution in [3.8, 4) is 0 Å². The molecule has 1 aliphatic rings. The summed E-state index contributed by atoms with van der Waals surface area (Å²) >= 11 is 0.